The number of carbonyl (C=O) groups is 1. The first-order chi connectivity index (χ1) is 9.11. The second-order valence-corrected chi connectivity index (χ2v) is 4.29. The maximum absolute atomic E-state index is 12.0. The molecule has 0 atom stereocenters. The number of rotatable bonds is 4. The molecule has 0 spiro atoms. The summed E-state index contributed by atoms with van der Waals surface area (Å²) in [6.07, 6.45) is 0. The highest BCUT2D eigenvalue weighted by Gasteiger charge is 2.11. The van der Waals surface area contributed by atoms with Gasteiger partial charge in [-0.05, 0) is 19.1 Å². The lowest BCUT2D eigenvalue weighted by Gasteiger charge is -2.08. The summed E-state index contributed by atoms with van der Waals surface area (Å²) in [6.45, 7) is 2.32. The number of ether oxygens (including phenoxy) is 1. The van der Waals surface area contributed by atoms with Crippen molar-refractivity contribution in [1.29, 1.82) is 0 Å². The zero-order valence-corrected chi connectivity index (χ0v) is 11.3. The van der Waals surface area contributed by atoms with Crippen LogP contribution in [0.5, 0.6) is 5.75 Å². The van der Waals surface area contributed by atoms with Crippen LogP contribution in [0, 0.1) is 6.92 Å². The van der Waals surface area contributed by atoms with Crippen molar-refractivity contribution < 1.29 is 9.53 Å². The third-order valence-electron chi connectivity index (χ3n) is 2.98. The van der Waals surface area contributed by atoms with Crippen LogP contribution in [0.4, 0.5) is 0 Å². The number of amides is 1. The van der Waals surface area contributed by atoms with Crippen molar-refractivity contribution in [2.75, 3.05) is 7.11 Å². The fraction of sp³-hybridized carbons (Fsp3) is 0.286. The first-order valence-corrected chi connectivity index (χ1v) is 6.02. The topological polar surface area (TPSA) is 56.1 Å². The molecule has 0 aliphatic heterocycles. The molecule has 2 rings (SSSR count). The van der Waals surface area contributed by atoms with Gasteiger partial charge in [-0.15, -0.1) is 0 Å². The first kappa shape index (κ1) is 13.1. The van der Waals surface area contributed by atoms with Crippen molar-refractivity contribution in [2.45, 2.75) is 13.5 Å². The van der Waals surface area contributed by atoms with Crippen molar-refractivity contribution in [3.05, 3.63) is 47.3 Å². The van der Waals surface area contributed by atoms with Gasteiger partial charge in [0.25, 0.3) is 5.91 Å². The Kier molecular flexibility index (Phi) is 3.85. The third kappa shape index (κ3) is 2.93. The zero-order chi connectivity index (χ0) is 13.8. The summed E-state index contributed by atoms with van der Waals surface area (Å²) >= 11 is 0. The number of para-hydroxylation sites is 1. The summed E-state index contributed by atoms with van der Waals surface area (Å²) in [7, 11) is 3.43. The normalized spacial score (nSPS) is 10.3. The van der Waals surface area contributed by atoms with E-state index in [1.807, 2.05) is 38.2 Å². The van der Waals surface area contributed by atoms with Gasteiger partial charge in [-0.3, -0.25) is 9.48 Å². The standard InChI is InChI=1S/C14H17N3O2/c1-10-8-12(16-17(10)2)14(18)15-9-11-6-4-5-7-13(11)19-3/h4-8H,9H2,1-3H3,(H,15,18). The van der Waals surface area contributed by atoms with Crippen LogP contribution in [-0.2, 0) is 13.6 Å². The highest BCUT2D eigenvalue weighted by molar-refractivity contribution is 5.92. The molecule has 0 fully saturated rings. The number of benzene rings is 1. The molecule has 0 aliphatic rings. The Morgan fingerprint density at radius 2 is 2.16 bits per heavy atom. The van der Waals surface area contributed by atoms with E-state index in [2.05, 4.69) is 10.4 Å². The van der Waals surface area contributed by atoms with Crippen LogP contribution in [0.1, 0.15) is 21.7 Å². The van der Waals surface area contributed by atoms with Gasteiger partial charge in [-0.1, -0.05) is 18.2 Å². The lowest BCUT2D eigenvalue weighted by molar-refractivity contribution is 0.0945. The summed E-state index contributed by atoms with van der Waals surface area (Å²) in [5.41, 5.74) is 2.31. The number of aryl methyl sites for hydroxylation is 2. The van der Waals surface area contributed by atoms with Gasteiger partial charge in [-0.25, -0.2) is 0 Å². The van der Waals surface area contributed by atoms with Gasteiger partial charge >= 0.3 is 0 Å². The van der Waals surface area contributed by atoms with Gasteiger partial charge in [0, 0.05) is 24.8 Å². The number of hydrogen-bond acceptors (Lipinski definition) is 3. The molecule has 1 N–H and O–H groups in total. The zero-order valence-electron chi connectivity index (χ0n) is 11.3. The number of hydrogen-bond donors (Lipinski definition) is 1. The van der Waals surface area contributed by atoms with Gasteiger partial charge in [0.15, 0.2) is 0 Å². The first-order valence-electron chi connectivity index (χ1n) is 6.02. The van der Waals surface area contributed by atoms with Gasteiger partial charge in [0.1, 0.15) is 11.4 Å². The van der Waals surface area contributed by atoms with E-state index in [-0.39, 0.29) is 5.91 Å². The van der Waals surface area contributed by atoms with E-state index in [9.17, 15) is 4.79 Å². The van der Waals surface area contributed by atoms with E-state index in [0.717, 1.165) is 17.0 Å². The van der Waals surface area contributed by atoms with E-state index >= 15 is 0 Å². The van der Waals surface area contributed by atoms with E-state index in [0.29, 0.717) is 12.2 Å². The molecule has 0 saturated heterocycles. The van der Waals surface area contributed by atoms with Crippen LogP contribution in [0.25, 0.3) is 0 Å². The van der Waals surface area contributed by atoms with Crippen molar-refractivity contribution in [3.63, 3.8) is 0 Å². The van der Waals surface area contributed by atoms with Gasteiger partial charge in [0.2, 0.25) is 0 Å². The molecule has 0 radical (unpaired) electrons. The summed E-state index contributed by atoms with van der Waals surface area (Å²) in [4.78, 5) is 12.0. The molecular weight excluding hydrogens is 242 g/mol. The molecular formula is C14H17N3O2. The number of nitrogens with one attached hydrogen (secondary N) is 1. The Morgan fingerprint density at radius 3 is 2.79 bits per heavy atom. The fourth-order valence-electron chi connectivity index (χ4n) is 1.79. The Morgan fingerprint density at radius 1 is 1.42 bits per heavy atom. The highest BCUT2D eigenvalue weighted by atomic mass is 16.5. The number of carbonyl (C=O) groups excluding carboxylic acids is 1. The third-order valence-corrected chi connectivity index (χ3v) is 2.98. The molecule has 1 aromatic carbocycles. The number of nitrogens with zero attached hydrogens (tertiary/aromatic N) is 2. The van der Waals surface area contributed by atoms with E-state index < -0.39 is 0 Å². The van der Waals surface area contributed by atoms with E-state index in [4.69, 9.17) is 4.74 Å². The molecule has 1 heterocycles. The Hall–Kier alpha value is -2.30. The van der Waals surface area contributed by atoms with Crippen LogP contribution < -0.4 is 10.1 Å². The predicted octanol–water partition coefficient (Wildman–Crippen LogP) is 1.67. The molecule has 2 aromatic rings. The van der Waals surface area contributed by atoms with Crippen molar-refractivity contribution in [1.82, 2.24) is 15.1 Å². The summed E-state index contributed by atoms with van der Waals surface area (Å²) < 4.78 is 6.91. The van der Waals surface area contributed by atoms with E-state index in [1.165, 1.54) is 0 Å². The highest BCUT2D eigenvalue weighted by Crippen LogP contribution is 2.16. The molecule has 0 bridgehead atoms. The largest absolute Gasteiger partial charge is 0.496 e. The predicted molar refractivity (Wildman–Crippen MR) is 72.1 cm³/mol. The van der Waals surface area contributed by atoms with Crippen molar-refractivity contribution >= 4 is 5.91 Å². The second kappa shape index (κ2) is 5.56. The lowest BCUT2D eigenvalue weighted by atomic mass is 10.2. The van der Waals surface area contributed by atoms with Gasteiger partial charge in [0.05, 0.1) is 7.11 Å². The minimum atomic E-state index is -0.186. The maximum Gasteiger partial charge on any atom is 0.272 e. The summed E-state index contributed by atoms with van der Waals surface area (Å²) in [5, 5.41) is 6.97. The molecule has 19 heavy (non-hydrogen) atoms. The average Bonchev–Trinajstić information content (AvgIpc) is 2.76. The van der Waals surface area contributed by atoms with Crippen LogP contribution in [0.3, 0.4) is 0 Å². The van der Waals surface area contributed by atoms with Crippen LogP contribution in [0.15, 0.2) is 30.3 Å². The Balaban J connectivity index is 2.04. The van der Waals surface area contributed by atoms with Crippen LogP contribution in [0.2, 0.25) is 0 Å². The van der Waals surface area contributed by atoms with Crippen molar-refractivity contribution in [3.8, 4) is 5.75 Å². The Bertz CT molecular complexity index is 571. The SMILES string of the molecule is COc1ccccc1CNC(=O)c1cc(C)n(C)n1. The second-order valence-electron chi connectivity index (χ2n) is 4.29. The number of methoxy groups -OCH3 is 1. The summed E-state index contributed by atoms with van der Waals surface area (Å²) in [5.74, 6) is 0.578. The fourth-order valence-corrected chi connectivity index (χ4v) is 1.79. The molecule has 100 valence electrons. The maximum atomic E-state index is 12.0. The molecule has 0 unspecified atom stereocenters. The molecule has 0 saturated carbocycles. The molecule has 1 aromatic heterocycles. The quantitative estimate of drug-likeness (QED) is 0.908. The smallest absolute Gasteiger partial charge is 0.272 e. The molecule has 0 aliphatic carbocycles. The number of aromatic nitrogens is 2. The lowest BCUT2D eigenvalue weighted by Crippen LogP contribution is -2.23. The summed E-state index contributed by atoms with van der Waals surface area (Å²) in [6, 6.07) is 9.36. The van der Waals surface area contributed by atoms with Crippen LogP contribution >= 0.6 is 0 Å². The minimum absolute atomic E-state index is 0.186. The monoisotopic (exact) mass is 259 g/mol. The molecule has 5 heteroatoms. The Labute approximate surface area is 112 Å². The molecule has 1 amide bonds. The average molecular weight is 259 g/mol. The molecule has 5 nitrogen and oxygen atoms in total. The minimum Gasteiger partial charge on any atom is -0.496 e. The van der Waals surface area contributed by atoms with Crippen LogP contribution in [-0.4, -0.2) is 22.8 Å². The van der Waals surface area contributed by atoms with Gasteiger partial charge < -0.3 is 10.1 Å². The van der Waals surface area contributed by atoms with Gasteiger partial charge in [-0.2, -0.15) is 5.10 Å². The van der Waals surface area contributed by atoms with E-state index in [1.54, 1.807) is 17.9 Å². The van der Waals surface area contributed by atoms with Crippen molar-refractivity contribution in [2.24, 2.45) is 7.05 Å².